The molecule has 0 aliphatic heterocycles. The lowest BCUT2D eigenvalue weighted by Crippen LogP contribution is -2.42. The maximum absolute atomic E-state index is 6.05. The number of aliphatic imine (C=N–C) groups is 1. The van der Waals surface area contributed by atoms with Crippen LogP contribution in [0.1, 0.15) is 44.5 Å². The maximum atomic E-state index is 6.05. The van der Waals surface area contributed by atoms with Gasteiger partial charge in [-0.25, -0.2) is 0 Å². The number of aryl methyl sites for hydroxylation is 1. The zero-order chi connectivity index (χ0) is 19.1. The summed E-state index contributed by atoms with van der Waals surface area (Å²) in [6, 6.07) is 8.26. The molecule has 1 aromatic heterocycles. The maximum Gasteiger partial charge on any atom is 0.191 e. The van der Waals surface area contributed by atoms with E-state index in [2.05, 4.69) is 51.4 Å². The number of aromatic nitrogens is 3. The van der Waals surface area contributed by atoms with Crippen LogP contribution in [0.2, 0.25) is 5.02 Å². The summed E-state index contributed by atoms with van der Waals surface area (Å²) >= 11 is 6.05. The van der Waals surface area contributed by atoms with Gasteiger partial charge in [-0.15, -0.1) is 34.2 Å². The van der Waals surface area contributed by atoms with Crippen LogP contribution in [0.4, 0.5) is 0 Å². The molecule has 2 N–H and O–H groups in total. The number of halogens is 2. The lowest BCUT2D eigenvalue weighted by molar-refractivity contribution is 0.253. The highest BCUT2D eigenvalue weighted by atomic mass is 127. The molecule has 0 bridgehead atoms. The zero-order valence-corrected chi connectivity index (χ0v) is 19.7. The van der Waals surface area contributed by atoms with Crippen molar-refractivity contribution in [3.05, 3.63) is 47.0 Å². The average Bonchev–Trinajstić information content (AvgIpc) is 3.09. The van der Waals surface area contributed by atoms with Crippen LogP contribution in [0.15, 0.2) is 35.6 Å². The molecule has 1 aromatic carbocycles. The third-order valence-electron chi connectivity index (χ3n) is 5.31. The number of nitrogens with one attached hydrogen (secondary N) is 2. The topological polar surface area (TPSA) is 67.1 Å². The molecular weight excluding hydrogens is 487 g/mol. The van der Waals surface area contributed by atoms with Crippen LogP contribution < -0.4 is 10.6 Å². The smallest absolute Gasteiger partial charge is 0.191 e. The summed E-state index contributed by atoms with van der Waals surface area (Å²) in [4.78, 5) is 4.89. The van der Waals surface area contributed by atoms with Gasteiger partial charge in [0, 0.05) is 36.5 Å². The summed E-state index contributed by atoms with van der Waals surface area (Å²) in [5.74, 6) is 1.87. The van der Waals surface area contributed by atoms with E-state index in [0.29, 0.717) is 0 Å². The fourth-order valence-electron chi connectivity index (χ4n) is 3.55. The molecule has 2 aromatic rings. The number of hydrogen-bond donors (Lipinski definition) is 2. The van der Waals surface area contributed by atoms with Crippen molar-refractivity contribution in [3.63, 3.8) is 0 Å². The van der Waals surface area contributed by atoms with E-state index in [1.807, 2.05) is 12.1 Å². The normalized spacial score (nSPS) is 15.5. The van der Waals surface area contributed by atoms with E-state index < -0.39 is 0 Å². The monoisotopic (exact) mass is 516 g/mol. The van der Waals surface area contributed by atoms with Crippen molar-refractivity contribution in [2.45, 2.75) is 51.5 Å². The predicted molar refractivity (Wildman–Crippen MR) is 126 cm³/mol. The van der Waals surface area contributed by atoms with E-state index in [0.717, 1.165) is 49.4 Å². The van der Waals surface area contributed by atoms with Gasteiger partial charge in [0.25, 0.3) is 0 Å². The molecule has 0 saturated heterocycles. The van der Waals surface area contributed by atoms with Crippen LogP contribution in [-0.4, -0.2) is 40.4 Å². The van der Waals surface area contributed by atoms with Crippen LogP contribution in [0.25, 0.3) is 0 Å². The molecule has 8 heteroatoms. The second-order valence-electron chi connectivity index (χ2n) is 7.06. The molecule has 1 heterocycles. The van der Waals surface area contributed by atoms with E-state index in [1.54, 1.807) is 6.33 Å². The van der Waals surface area contributed by atoms with Gasteiger partial charge in [-0.05, 0) is 37.5 Å². The first-order valence-corrected chi connectivity index (χ1v) is 10.2. The SMILES string of the molecule is CCNC(=NCC1(c2ccc(Cl)cc2)CCC1)NCCn1cnnc1CC.I. The van der Waals surface area contributed by atoms with E-state index in [9.17, 15) is 0 Å². The Kier molecular flexibility index (Phi) is 9.01. The molecule has 154 valence electrons. The van der Waals surface area contributed by atoms with Gasteiger partial charge in [-0.1, -0.05) is 37.1 Å². The van der Waals surface area contributed by atoms with Crippen molar-refractivity contribution < 1.29 is 0 Å². The summed E-state index contributed by atoms with van der Waals surface area (Å²) in [6.07, 6.45) is 6.29. The van der Waals surface area contributed by atoms with Gasteiger partial charge in [0.05, 0.1) is 6.54 Å². The molecule has 0 radical (unpaired) electrons. The van der Waals surface area contributed by atoms with E-state index in [4.69, 9.17) is 16.6 Å². The number of benzene rings is 1. The van der Waals surface area contributed by atoms with E-state index in [1.165, 1.54) is 24.8 Å². The van der Waals surface area contributed by atoms with Crippen LogP contribution in [0.5, 0.6) is 0 Å². The Morgan fingerprint density at radius 3 is 2.57 bits per heavy atom. The van der Waals surface area contributed by atoms with Crippen molar-refractivity contribution in [2.24, 2.45) is 4.99 Å². The number of hydrogen-bond acceptors (Lipinski definition) is 3. The molecule has 28 heavy (non-hydrogen) atoms. The van der Waals surface area contributed by atoms with Crippen LogP contribution in [-0.2, 0) is 18.4 Å². The van der Waals surface area contributed by atoms with Crippen LogP contribution in [0, 0.1) is 0 Å². The first kappa shape index (κ1) is 22.9. The Morgan fingerprint density at radius 2 is 1.96 bits per heavy atom. The summed E-state index contributed by atoms with van der Waals surface area (Å²) in [6.45, 7) is 7.41. The van der Waals surface area contributed by atoms with E-state index >= 15 is 0 Å². The molecule has 1 saturated carbocycles. The molecule has 0 unspecified atom stereocenters. The van der Waals surface area contributed by atoms with Gasteiger partial charge in [0.2, 0.25) is 0 Å². The summed E-state index contributed by atoms with van der Waals surface area (Å²) in [5, 5.41) is 15.7. The van der Waals surface area contributed by atoms with Crippen LogP contribution in [0.3, 0.4) is 0 Å². The van der Waals surface area contributed by atoms with Crippen molar-refractivity contribution in [2.75, 3.05) is 19.6 Å². The summed E-state index contributed by atoms with van der Waals surface area (Å²) in [5.41, 5.74) is 1.49. The Labute approximate surface area is 189 Å². The van der Waals surface area contributed by atoms with Gasteiger partial charge in [-0.3, -0.25) is 4.99 Å². The Bertz CT molecular complexity index is 754. The van der Waals surface area contributed by atoms with Gasteiger partial charge < -0.3 is 15.2 Å². The quantitative estimate of drug-likeness (QED) is 0.318. The van der Waals surface area contributed by atoms with E-state index in [-0.39, 0.29) is 29.4 Å². The molecule has 1 aliphatic rings. The first-order chi connectivity index (χ1) is 13.2. The molecule has 6 nitrogen and oxygen atoms in total. The molecule has 3 rings (SSSR count). The third kappa shape index (κ3) is 5.59. The minimum Gasteiger partial charge on any atom is -0.357 e. The molecule has 0 spiro atoms. The third-order valence-corrected chi connectivity index (χ3v) is 5.56. The van der Waals surface area contributed by atoms with Gasteiger partial charge in [0.1, 0.15) is 12.2 Å². The summed E-state index contributed by atoms with van der Waals surface area (Å²) in [7, 11) is 0. The van der Waals surface area contributed by atoms with Crippen molar-refractivity contribution >= 4 is 41.5 Å². The standard InChI is InChI=1S/C20H29ClN6.HI/c1-3-18-26-25-15-27(18)13-12-23-19(22-4-2)24-14-20(10-5-11-20)16-6-8-17(21)9-7-16;/h6-9,15H,3-5,10-14H2,1-2H3,(H2,22,23,24);1H. The fourth-order valence-corrected chi connectivity index (χ4v) is 3.68. The number of rotatable bonds is 8. The largest absolute Gasteiger partial charge is 0.357 e. The number of guanidine groups is 1. The van der Waals surface area contributed by atoms with Gasteiger partial charge in [-0.2, -0.15) is 0 Å². The molecule has 1 aliphatic carbocycles. The summed E-state index contributed by atoms with van der Waals surface area (Å²) < 4.78 is 2.08. The minimum atomic E-state index is 0. The van der Waals surface area contributed by atoms with Gasteiger partial charge >= 0.3 is 0 Å². The lowest BCUT2D eigenvalue weighted by atomic mass is 9.64. The number of nitrogens with zero attached hydrogens (tertiary/aromatic N) is 4. The fraction of sp³-hybridized carbons (Fsp3) is 0.550. The Morgan fingerprint density at radius 1 is 1.21 bits per heavy atom. The molecule has 0 atom stereocenters. The Hall–Kier alpha value is -1.35. The molecular formula is C20H30ClIN6. The Balaban J connectivity index is 0.00000280. The lowest BCUT2D eigenvalue weighted by Gasteiger charge is -2.41. The first-order valence-electron chi connectivity index (χ1n) is 9.82. The molecule has 0 amide bonds. The van der Waals surface area contributed by atoms with Gasteiger partial charge in [0.15, 0.2) is 5.96 Å². The zero-order valence-electron chi connectivity index (χ0n) is 16.6. The highest BCUT2D eigenvalue weighted by Crippen LogP contribution is 2.44. The van der Waals surface area contributed by atoms with Crippen molar-refractivity contribution in [3.8, 4) is 0 Å². The second kappa shape index (κ2) is 11.0. The van der Waals surface area contributed by atoms with Crippen molar-refractivity contribution in [1.29, 1.82) is 0 Å². The van der Waals surface area contributed by atoms with Crippen LogP contribution >= 0.6 is 35.6 Å². The highest BCUT2D eigenvalue weighted by molar-refractivity contribution is 14.0. The highest BCUT2D eigenvalue weighted by Gasteiger charge is 2.38. The second-order valence-corrected chi connectivity index (χ2v) is 7.49. The predicted octanol–water partition coefficient (Wildman–Crippen LogP) is 3.79. The molecule has 1 fully saturated rings. The van der Waals surface area contributed by atoms with Crippen molar-refractivity contribution in [1.82, 2.24) is 25.4 Å². The minimum absolute atomic E-state index is 0. The average molecular weight is 517 g/mol.